The van der Waals surface area contributed by atoms with Crippen molar-refractivity contribution in [2.24, 2.45) is 0 Å². The smallest absolute Gasteiger partial charge is 0.143 e. The molecule has 4 rings (SSSR count). The van der Waals surface area contributed by atoms with Crippen molar-refractivity contribution in [3.05, 3.63) is 78.5 Å². The van der Waals surface area contributed by atoms with E-state index in [9.17, 15) is 0 Å². The monoisotopic (exact) mass is 411 g/mol. The summed E-state index contributed by atoms with van der Waals surface area (Å²) < 4.78 is 11.6. The van der Waals surface area contributed by atoms with Crippen LogP contribution in [-0.2, 0) is 0 Å². The summed E-state index contributed by atoms with van der Waals surface area (Å²) in [5.74, 6) is 2.69. The number of fused-ring (bicyclic) bond motifs is 1. The first-order valence-corrected chi connectivity index (χ1v) is 9.56. The summed E-state index contributed by atoms with van der Waals surface area (Å²) in [6.45, 7) is 3.63. The standard InChI is InChI=1S/C23H25N3O2.ClH/c1-17(18-8-7-9-19(14-18)27-2)25-15-20-16-26(23-12-5-6-13-24-23)21-10-3-4-11-22(21)28-20;/h3-14,17,20,25H,15-16H2,1-2H3;1H/t17-,20?;/m1./s1. The topological polar surface area (TPSA) is 46.6 Å². The Morgan fingerprint density at radius 2 is 1.97 bits per heavy atom. The molecular weight excluding hydrogens is 386 g/mol. The van der Waals surface area contributed by atoms with Crippen LogP contribution in [0.5, 0.6) is 11.5 Å². The summed E-state index contributed by atoms with van der Waals surface area (Å²) in [6.07, 6.45) is 1.84. The van der Waals surface area contributed by atoms with E-state index in [0.29, 0.717) is 0 Å². The van der Waals surface area contributed by atoms with Crippen LogP contribution >= 0.6 is 12.4 Å². The molecule has 1 unspecified atom stereocenters. The van der Waals surface area contributed by atoms with Gasteiger partial charge in [0, 0.05) is 18.8 Å². The van der Waals surface area contributed by atoms with E-state index in [4.69, 9.17) is 9.47 Å². The van der Waals surface area contributed by atoms with Gasteiger partial charge in [-0.15, -0.1) is 12.4 Å². The molecule has 29 heavy (non-hydrogen) atoms. The lowest BCUT2D eigenvalue weighted by Gasteiger charge is -2.36. The zero-order valence-corrected chi connectivity index (χ0v) is 17.4. The van der Waals surface area contributed by atoms with E-state index >= 15 is 0 Å². The number of nitrogens with zero attached hydrogens (tertiary/aromatic N) is 2. The predicted octanol–water partition coefficient (Wildman–Crippen LogP) is 4.76. The third-order valence-electron chi connectivity index (χ3n) is 5.01. The molecule has 1 aliphatic heterocycles. The molecule has 1 N–H and O–H groups in total. The second kappa shape index (κ2) is 9.63. The van der Waals surface area contributed by atoms with Gasteiger partial charge in [-0.25, -0.2) is 4.98 Å². The Bertz CT molecular complexity index is 923. The minimum atomic E-state index is 0. The molecule has 2 heterocycles. The van der Waals surface area contributed by atoms with Gasteiger partial charge in [0.15, 0.2) is 0 Å². The van der Waals surface area contributed by atoms with Crippen LogP contribution in [-0.4, -0.2) is 31.3 Å². The number of hydrogen-bond donors (Lipinski definition) is 1. The zero-order valence-electron chi connectivity index (χ0n) is 16.6. The van der Waals surface area contributed by atoms with Gasteiger partial charge in [0.25, 0.3) is 0 Å². The Hall–Kier alpha value is -2.76. The number of nitrogens with one attached hydrogen (secondary N) is 1. The Balaban J connectivity index is 0.00000240. The molecule has 2 aromatic carbocycles. The summed E-state index contributed by atoms with van der Waals surface area (Å²) >= 11 is 0. The maximum Gasteiger partial charge on any atom is 0.143 e. The number of ether oxygens (including phenoxy) is 2. The molecule has 0 amide bonds. The molecule has 0 saturated carbocycles. The summed E-state index contributed by atoms with van der Waals surface area (Å²) in [4.78, 5) is 6.76. The van der Waals surface area contributed by atoms with Gasteiger partial charge in [-0.3, -0.25) is 0 Å². The quantitative estimate of drug-likeness (QED) is 0.633. The van der Waals surface area contributed by atoms with Crippen LogP contribution in [0.15, 0.2) is 72.9 Å². The van der Waals surface area contributed by atoms with E-state index in [-0.39, 0.29) is 24.6 Å². The number of benzene rings is 2. The van der Waals surface area contributed by atoms with Crippen molar-refractivity contribution in [2.75, 3.05) is 25.1 Å². The minimum Gasteiger partial charge on any atom is -0.497 e. The molecule has 0 aliphatic carbocycles. The van der Waals surface area contributed by atoms with Gasteiger partial charge in [-0.2, -0.15) is 0 Å². The summed E-state index contributed by atoms with van der Waals surface area (Å²) in [6, 6.07) is 22.5. The van der Waals surface area contributed by atoms with Crippen LogP contribution in [0.25, 0.3) is 0 Å². The molecule has 152 valence electrons. The van der Waals surface area contributed by atoms with E-state index in [1.165, 1.54) is 5.56 Å². The first-order valence-electron chi connectivity index (χ1n) is 9.56. The minimum absolute atomic E-state index is 0. The molecule has 3 aromatic rings. The van der Waals surface area contributed by atoms with Crippen molar-refractivity contribution in [1.82, 2.24) is 10.3 Å². The van der Waals surface area contributed by atoms with Gasteiger partial charge in [0.05, 0.1) is 19.3 Å². The number of rotatable bonds is 6. The van der Waals surface area contributed by atoms with Crippen molar-refractivity contribution in [2.45, 2.75) is 19.1 Å². The largest absolute Gasteiger partial charge is 0.497 e. The summed E-state index contributed by atoms with van der Waals surface area (Å²) in [5, 5.41) is 3.60. The molecule has 5 nitrogen and oxygen atoms in total. The zero-order chi connectivity index (χ0) is 19.3. The van der Waals surface area contributed by atoms with Crippen molar-refractivity contribution in [1.29, 1.82) is 0 Å². The Morgan fingerprint density at radius 3 is 2.76 bits per heavy atom. The molecule has 0 fully saturated rings. The van der Waals surface area contributed by atoms with Crippen molar-refractivity contribution < 1.29 is 9.47 Å². The fraction of sp³-hybridized carbons (Fsp3) is 0.261. The van der Waals surface area contributed by atoms with Crippen molar-refractivity contribution in [3.8, 4) is 11.5 Å². The highest BCUT2D eigenvalue weighted by molar-refractivity contribution is 5.85. The highest BCUT2D eigenvalue weighted by Gasteiger charge is 2.27. The molecular formula is C23H26ClN3O2. The molecule has 1 aromatic heterocycles. The average molecular weight is 412 g/mol. The summed E-state index contributed by atoms with van der Waals surface area (Å²) in [7, 11) is 1.69. The molecule has 6 heteroatoms. The fourth-order valence-electron chi connectivity index (χ4n) is 3.47. The number of aromatic nitrogens is 1. The first-order chi connectivity index (χ1) is 13.7. The van der Waals surface area contributed by atoms with E-state index in [0.717, 1.165) is 36.1 Å². The second-order valence-corrected chi connectivity index (χ2v) is 6.91. The van der Waals surface area contributed by atoms with Gasteiger partial charge >= 0.3 is 0 Å². The molecule has 1 aliphatic rings. The Morgan fingerprint density at radius 1 is 1.14 bits per heavy atom. The molecule has 0 bridgehead atoms. The van der Waals surface area contributed by atoms with Crippen LogP contribution in [0.4, 0.5) is 11.5 Å². The number of para-hydroxylation sites is 2. The number of methoxy groups -OCH3 is 1. The van der Waals surface area contributed by atoms with Crippen LogP contribution in [0, 0.1) is 0 Å². The van der Waals surface area contributed by atoms with Gasteiger partial charge in [0.1, 0.15) is 23.4 Å². The SMILES string of the molecule is COc1cccc([C@@H](C)NCC2CN(c3ccccn3)c3ccccc3O2)c1.Cl. The van der Waals surface area contributed by atoms with Crippen LogP contribution in [0.3, 0.4) is 0 Å². The maximum atomic E-state index is 6.26. The van der Waals surface area contributed by atoms with Crippen LogP contribution in [0.2, 0.25) is 0 Å². The Labute approximate surface area is 178 Å². The maximum absolute atomic E-state index is 6.26. The highest BCUT2D eigenvalue weighted by atomic mass is 35.5. The van der Waals surface area contributed by atoms with E-state index in [1.54, 1.807) is 7.11 Å². The summed E-state index contributed by atoms with van der Waals surface area (Å²) in [5.41, 5.74) is 2.25. The van der Waals surface area contributed by atoms with Gasteiger partial charge in [-0.1, -0.05) is 30.3 Å². The van der Waals surface area contributed by atoms with Crippen LogP contribution < -0.4 is 19.7 Å². The first kappa shape index (κ1) is 21.0. The fourth-order valence-corrected chi connectivity index (χ4v) is 3.47. The number of hydrogen-bond acceptors (Lipinski definition) is 5. The second-order valence-electron chi connectivity index (χ2n) is 6.91. The lowest BCUT2D eigenvalue weighted by Crippen LogP contribution is -2.44. The van der Waals surface area contributed by atoms with E-state index in [2.05, 4.69) is 40.3 Å². The van der Waals surface area contributed by atoms with Crippen LogP contribution in [0.1, 0.15) is 18.5 Å². The van der Waals surface area contributed by atoms with Gasteiger partial charge < -0.3 is 19.7 Å². The number of anilines is 2. The third-order valence-corrected chi connectivity index (χ3v) is 5.01. The molecule has 0 spiro atoms. The van der Waals surface area contributed by atoms with Crippen molar-refractivity contribution in [3.63, 3.8) is 0 Å². The normalized spacial score (nSPS) is 16.2. The third kappa shape index (κ3) is 4.81. The van der Waals surface area contributed by atoms with Crippen molar-refractivity contribution >= 4 is 23.9 Å². The predicted molar refractivity (Wildman–Crippen MR) is 119 cm³/mol. The Kier molecular flexibility index (Phi) is 6.96. The van der Waals surface area contributed by atoms with E-state index in [1.807, 2.05) is 54.7 Å². The highest BCUT2D eigenvalue weighted by Crippen LogP contribution is 2.37. The molecule has 0 radical (unpaired) electrons. The lowest BCUT2D eigenvalue weighted by atomic mass is 10.1. The lowest BCUT2D eigenvalue weighted by molar-refractivity contribution is 0.190. The van der Waals surface area contributed by atoms with E-state index < -0.39 is 0 Å². The van der Waals surface area contributed by atoms with Gasteiger partial charge in [0.2, 0.25) is 0 Å². The number of halogens is 1. The molecule has 2 atom stereocenters. The average Bonchev–Trinajstić information content (AvgIpc) is 2.77. The number of pyridine rings is 1. The van der Waals surface area contributed by atoms with Gasteiger partial charge in [-0.05, 0) is 48.9 Å². The molecule has 0 saturated heterocycles.